The summed E-state index contributed by atoms with van der Waals surface area (Å²) in [6, 6.07) is 2.36. The Kier molecular flexibility index (Phi) is 7.14. The molecule has 0 radical (unpaired) electrons. The molecule has 0 aromatic heterocycles. The molecule has 2 saturated heterocycles. The van der Waals surface area contributed by atoms with E-state index in [0.717, 1.165) is 6.42 Å². The molecule has 25 heavy (non-hydrogen) atoms. The van der Waals surface area contributed by atoms with Crippen molar-refractivity contribution in [3.8, 4) is 0 Å². The third kappa shape index (κ3) is 4.56. The molecule has 0 spiro atoms. The maximum absolute atomic E-state index is 5.59. The Balaban J connectivity index is 1.57. The van der Waals surface area contributed by atoms with Crippen LogP contribution < -0.4 is 5.32 Å². The van der Waals surface area contributed by atoms with Crippen molar-refractivity contribution >= 4 is 11.8 Å². The molecule has 0 amide bonds. The van der Waals surface area contributed by atoms with Gasteiger partial charge in [-0.3, -0.25) is 4.90 Å². The maximum atomic E-state index is 5.59. The number of azo groups is 1. The minimum absolute atomic E-state index is 0.00312. The highest BCUT2D eigenvalue weighted by Gasteiger charge is 2.45. The standard InChI is InChI=1S/C18H34N4O2S/c1-5-23-18(24-6-2)19-16-11-14(20-21-16)17-15(9-10-25-17)22-12(3)7-8-13(22)4/h12-19H,5-11H2,1-4H3. The van der Waals surface area contributed by atoms with Crippen LogP contribution in [0.1, 0.15) is 53.4 Å². The molecule has 3 rings (SSSR count). The summed E-state index contributed by atoms with van der Waals surface area (Å²) in [5, 5.41) is 13.0. The molecule has 6 unspecified atom stereocenters. The number of thioether (sulfide) groups is 1. The summed E-state index contributed by atoms with van der Waals surface area (Å²) in [6.45, 7) is 9.97. The van der Waals surface area contributed by atoms with E-state index in [-0.39, 0.29) is 12.6 Å². The van der Waals surface area contributed by atoms with E-state index in [1.807, 2.05) is 13.8 Å². The monoisotopic (exact) mass is 370 g/mol. The van der Waals surface area contributed by atoms with Gasteiger partial charge in [-0.1, -0.05) is 0 Å². The van der Waals surface area contributed by atoms with E-state index < -0.39 is 0 Å². The van der Waals surface area contributed by atoms with E-state index >= 15 is 0 Å². The van der Waals surface area contributed by atoms with E-state index in [1.54, 1.807) is 0 Å². The van der Waals surface area contributed by atoms with Crippen LogP contribution in [0.4, 0.5) is 0 Å². The van der Waals surface area contributed by atoms with E-state index in [2.05, 4.69) is 46.1 Å². The Morgan fingerprint density at radius 2 is 1.76 bits per heavy atom. The fourth-order valence-electron chi connectivity index (χ4n) is 4.55. The van der Waals surface area contributed by atoms with E-state index in [0.29, 0.717) is 42.6 Å². The SMILES string of the molecule is CCOC(NC1CC(C2SCCC2N2C(C)CCC2C)N=N1)OCC. The van der Waals surface area contributed by atoms with Gasteiger partial charge in [0.15, 0.2) is 0 Å². The molecule has 2 fully saturated rings. The van der Waals surface area contributed by atoms with Crippen LogP contribution in [0, 0.1) is 0 Å². The van der Waals surface area contributed by atoms with E-state index in [1.165, 1.54) is 25.0 Å². The van der Waals surface area contributed by atoms with Crippen LogP contribution in [0.2, 0.25) is 0 Å². The van der Waals surface area contributed by atoms with Crippen molar-refractivity contribution in [2.45, 2.75) is 95.4 Å². The van der Waals surface area contributed by atoms with Crippen molar-refractivity contribution in [2.24, 2.45) is 10.2 Å². The number of rotatable bonds is 8. The lowest BCUT2D eigenvalue weighted by atomic mass is 9.99. The lowest BCUT2D eigenvalue weighted by Crippen LogP contribution is -2.48. The average Bonchev–Trinajstić information content (AvgIpc) is 3.28. The van der Waals surface area contributed by atoms with Crippen molar-refractivity contribution in [1.29, 1.82) is 0 Å². The second-order valence-electron chi connectivity index (χ2n) is 7.37. The average molecular weight is 371 g/mol. The lowest BCUT2D eigenvalue weighted by molar-refractivity contribution is -0.159. The van der Waals surface area contributed by atoms with Crippen LogP contribution >= 0.6 is 11.8 Å². The largest absolute Gasteiger partial charge is 0.340 e. The Hall–Kier alpha value is -0.210. The Morgan fingerprint density at radius 1 is 1.08 bits per heavy atom. The Morgan fingerprint density at radius 3 is 2.40 bits per heavy atom. The van der Waals surface area contributed by atoms with Gasteiger partial charge in [0.2, 0.25) is 6.41 Å². The minimum Gasteiger partial charge on any atom is -0.340 e. The number of nitrogens with zero attached hydrogens (tertiary/aromatic N) is 3. The molecule has 7 heteroatoms. The third-order valence-electron chi connectivity index (χ3n) is 5.67. The molecule has 0 aromatic rings. The minimum atomic E-state index is -0.386. The third-order valence-corrected chi connectivity index (χ3v) is 7.15. The van der Waals surface area contributed by atoms with Gasteiger partial charge in [-0.25, -0.2) is 5.32 Å². The zero-order valence-corrected chi connectivity index (χ0v) is 16.9. The van der Waals surface area contributed by atoms with Crippen molar-refractivity contribution < 1.29 is 9.47 Å². The second-order valence-corrected chi connectivity index (χ2v) is 8.66. The zero-order chi connectivity index (χ0) is 17.8. The molecule has 144 valence electrons. The Labute approximate surface area is 156 Å². The Bertz CT molecular complexity index is 437. The van der Waals surface area contributed by atoms with Crippen LogP contribution in [0.15, 0.2) is 10.2 Å². The normalized spacial score (nSPS) is 39.1. The highest BCUT2D eigenvalue weighted by molar-refractivity contribution is 8.00. The van der Waals surface area contributed by atoms with Gasteiger partial charge >= 0.3 is 0 Å². The van der Waals surface area contributed by atoms with E-state index in [4.69, 9.17) is 9.47 Å². The number of hydrogen-bond donors (Lipinski definition) is 1. The lowest BCUT2D eigenvalue weighted by Gasteiger charge is -2.37. The molecule has 0 aromatic carbocycles. The van der Waals surface area contributed by atoms with Gasteiger partial charge < -0.3 is 9.47 Å². The number of ether oxygens (including phenoxy) is 2. The quantitative estimate of drug-likeness (QED) is 0.665. The van der Waals surface area contributed by atoms with Crippen LogP contribution in [-0.2, 0) is 9.47 Å². The van der Waals surface area contributed by atoms with Crippen molar-refractivity contribution in [3.63, 3.8) is 0 Å². The van der Waals surface area contributed by atoms with E-state index in [9.17, 15) is 0 Å². The van der Waals surface area contributed by atoms with Gasteiger partial charge in [-0.05, 0) is 52.7 Å². The molecule has 1 N–H and O–H groups in total. The highest BCUT2D eigenvalue weighted by Crippen LogP contribution is 2.41. The van der Waals surface area contributed by atoms with Crippen LogP contribution in [0.5, 0.6) is 0 Å². The number of nitrogens with one attached hydrogen (secondary N) is 1. The van der Waals surface area contributed by atoms with Gasteiger partial charge in [0.05, 0.1) is 6.04 Å². The molecular formula is C18H34N4O2S. The van der Waals surface area contributed by atoms with Gasteiger partial charge in [0, 0.05) is 43.0 Å². The summed E-state index contributed by atoms with van der Waals surface area (Å²) in [4.78, 5) is 2.77. The number of hydrogen-bond acceptors (Lipinski definition) is 7. The van der Waals surface area contributed by atoms with Gasteiger partial charge in [-0.2, -0.15) is 22.0 Å². The summed E-state index contributed by atoms with van der Waals surface area (Å²) in [7, 11) is 0. The van der Waals surface area contributed by atoms with Crippen LogP contribution in [0.3, 0.4) is 0 Å². The summed E-state index contributed by atoms with van der Waals surface area (Å²) < 4.78 is 11.2. The smallest absolute Gasteiger partial charge is 0.217 e. The molecule has 3 aliphatic heterocycles. The van der Waals surface area contributed by atoms with Crippen molar-refractivity contribution in [2.75, 3.05) is 19.0 Å². The summed E-state index contributed by atoms with van der Waals surface area (Å²) in [5.74, 6) is 1.25. The first-order valence-electron chi connectivity index (χ1n) is 9.92. The summed E-state index contributed by atoms with van der Waals surface area (Å²) in [5.41, 5.74) is 0. The first-order valence-corrected chi connectivity index (χ1v) is 11.0. The van der Waals surface area contributed by atoms with Crippen LogP contribution in [0.25, 0.3) is 0 Å². The summed E-state index contributed by atoms with van der Waals surface area (Å²) >= 11 is 2.09. The fraction of sp³-hybridized carbons (Fsp3) is 1.00. The molecular weight excluding hydrogens is 336 g/mol. The summed E-state index contributed by atoms with van der Waals surface area (Å²) in [6.07, 6.45) is 4.51. The molecule has 3 heterocycles. The molecule has 6 nitrogen and oxygen atoms in total. The zero-order valence-electron chi connectivity index (χ0n) is 16.1. The molecule has 6 atom stereocenters. The molecule has 0 bridgehead atoms. The first-order chi connectivity index (χ1) is 12.1. The highest BCUT2D eigenvalue weighted by atomic mass is 32.2. The molecule has 3 aliphatic rings. The van der Waals surface area contributed by atoms with Crippen LogP contribution in [-0.4, -0.2) is 65.9 Å². The second kappa shape index (κ2) is 9.13. The predicted octanol–water partition coefficient (Wildman–Crippen LogP) is 3.23. The predicted molar refractivity (Wildman–Crippen MR) is 102 cm³/mol. The van der Waals surface area contributed by atoms with Gasteiger partial charge in [0.1, 0.15) is 6.17 Å². The first kappa shape index (κ1) is 19.5. The number of likely N-dealkylation sites (tertiary alicyclic amines) is 1. The molecule has 0 saturated carbocycles. The van der Waals surface area contributed by atoms with Gasteiger partial charge in [-0.15, -0.1) is 0 Å². The molecule has 0 aliphatic carbocycles. The van der Waals surface area contributed by atoms with Crippen molar-refractivity contribution in [1.82, 2.24) is 10.2 Å². The maximum Gasteiger partial charge on any atom is 0.217 e. The fourth-order valence-corrected chi connectivity index (χ4v) is 6.09. The topological polar surface area (TPSA) is 58.5 Å². The van der Waals surface area contributed by atoms with Crippen molar-refractivity contribution in [3.05, 3.63) is 0 Å². The van der Waals surface area contributed by atoms with Gasteiger partial charge in [0.25, 0.3) is 0 Å².